The van der Waals surface area contributed by atoms with Gasteiger partial charge in [0.1, 0.15) is 29.5 Å². The fourth-order valence-electron chi connectivity index (χ4n) is 4.92. The van der Waals surface area contributed by atoms with Gasteiger partial charge < -0.3 is 25.6 Å². The van der Waals surface area contributed by atoms with Crippen molar-refractivity contribution >= 4 is 5.91 Å². The van der Waals surface area contributed by atoms with Gasteiger partial charge in [-0.05, 0) is 74.4 Å². The molecule has 0 saturated heterocycles. The van der Waals surface area contributed by atoms with Gasteiger partial charge in [-0.2, -0.15) is 13.2 Å². The van der Waals surface area contributed by atoms with Gasteiger partial charge in [-0.25, -0.2) is 9.37 Å². The van der Waals surface area contributed by atoms with Gasteiger partial charge >= 0.3 is 6.18 Å². The third-order valence-corrected chi connectivity index (χ3v) is 7.70. The minimum atomic E-state index is -4.89. The molecule has 6 rings (SSSR count). The normalized spacial score (nSPS) is 19.1. The molecule has 2 aliphatic rings. The number of hydrogen-bond acceptors (Lipinski definition) is 7. The van der Waals surface area contributed by atoms with Gasteiger partial charge in [-0.15, -0.1) is 0 Å². The Bertz CT molecular complexity index is 1710. The first-order valence-electron chi connectivity index (χ1n) is 13.9. The van der Waals surface area contributed by atoms with Crippen molar-refractivity contribution in [1.82, 2.24) is 15.3 Å². The molecular weight excluding hydrogens is 580 g/mol. The number of nitrogens with two attached hydrogens (primary N) is 1. The van der Waals surface area contributed by atoms with Crippen molar-refractivity contribution in [2.45, 2.75) is 43.2 Å². The summed E-state index contributed by atoms with van der Waals surface area (Å²) in [6, 6.07) is 14.5. The monoisotopic (exact) mass is 608 g/mol. The number of rotatable bonds is 8. The van der Waals surface area contributed by atoms with Crippen LogP contribution in [-0.2, 0) is 11.1 Å². The van der Waals surface area contributed by atoms with Gasteiger partial charge in [0.15, 0.2) is 11.3 Å². The summed E-state index contributed by atoms with van der Waals surface area (Å²) in [5.74, 6) is -0.701. The van der Waals surface area contributed by atoms with Crippen LogP contribution in [0.1, 0.15) is 41.4 Å². The number of halogens is 4. The summed E-state index contributed by atoms with van der Waals surface area (Å²) in [6.45, 7) is 0.00290. The first-order valence-corrected chi connectivity index (χ1v) is 13.9. The van der Waals surface area contributed by atoms with Crippen LogP contribution in [0.3, 0.4) is 0 Å². The minimum absolute atomic E-state index is 0.0481. The number of hydrogen-bond donors (Lipinski definition) is 3. The first kappa shape index (κ1) is 29.5. The maximum Gasteiger partial charge on any atom is 0.414 e. The molecule has 1 amide bonds. The van der Waals surface area contributed by atoms with E-state index in [9.17, 15) is 27.5 Å². The number of amides is 1. The Morgan fingerprint density at radius 3 is 2.55 bits per heavy atom. The third-order valence-electron chi connectivity index (χ3n) is 7.70. The number of alkyl halides is 3. The van der Waals surface area contributed by atoms with Crippen molar-refractivity contribution in [3.05, 3.63) is 95.7 Å². The van der Waals surface area contributed by atoms with Crippen LogP contribution in [0.25, 0.3) is 22.4 Å². The molecule has 4 N–H and O–H groups in total. The van der Waals surface area contributed by atoms with E-state index in [4.69, 9.17) is 15.2 Å². The van der Waals surface area contributed by atoms with Crippen molar-refractivity contribution < 1.29 is 36.9 Å². The molecule has 4 aromatic rings. The number of benzene rings is 2. The standard InChI is InChI=1S/C32H28F4N4O4/c1-30(42,16-39-29(41)19-6-11-25(44-22-9-10-22)23(13-19)20-3-2-12-38-15-20)26-14-24-28(43-17-31(24,37)32(34,35)36)27(40-26)18-4-7-21(33)8-5-18/h2-8,11-15,22,42H,9-10,16-17,37H2,1H3,(H,39,41)/t30-,31-/m0/s1. The molecule has 2 aromatic carbocycles. The van der Waals surface area contributed by atoms with Crippen molar-refractivity contribution in [2.75, 3.05) is 13.2 Å². The first-order chi connectivity index (χ1) is 20.9. The van der Waals surface area contributed by atoms with E-state index in [0.717, 1.165) is 36.6 Å². The molecule has 12 heteroatoms. The quantitative estimate of drug-likeness (QED) is 0.234. The van der Waals surface area contributed by atoms with E-state index in [2.05, 4.69) is 15.3 Å². The third kappa shape index (κ3) is 5.58. The van der Waals surface area contributed by atoms with Crippen molar-refractivity contribution in [1.29, 1.82) is 0 Å². The molecule has 1 aliphatic carbocycles. The van der Waals surface area contributed by atoms with E-state index < -0.39 is 47.8 Å². The Morgan fingerprint density at radius 2 is 1.89 bits per heavy atom. The summed E-state index contributed by atoms with van der Waals surface area (Å²) in [6.07, 6.45) is 0.413. The summed E-state index contributed by atoms with van der Waals surface area (Å²) < 4.78 is 67.4. The average molecular weight is 609 g/mol. The predicted molar refractivity (Wildman–Crippen MR) is 152 cm³/mol. The Morgan fingerprint density at radius 1 is 1.14 bits per heavy atom. The summed E-state index contributed by atoms with van der Waals surface area (Å²) in [7, 11) is 0. The second-order valence-corrected chi connectivity index (χ2v) is 11.2. The number of pyridine rings is 2. The Balaban J connectivity index is 1.31. The highest BCUT2D eigenvalue weighted by atomic mass is 19.4. The lowest BCUT2D eigenvalue weighted by Crippen LogP contribution is -2.52. The molecule has 0 unspecified atom stereocenters. The molecular formula is C32H28F4N4O4. The maximum atomic E-state index is 14.1. The number of carbonyl (C=O) groups is 1. The number of aliphatic hydroxyl groups is 1. The van der Waals surface area contributed by atoms with Crippen LogP contribution >= 0.6 is 0 Å². The molecule has 1 fully saturated rings. The molecule has 1 aliphatic heterocycles. The SMILES string of the molecule is C[C@](O)(CNC(=O)c1ccc(OC2CC2)c(-c2cccnc2)c1)c1cc2c(c(-c3ccc(F)cc3)n1)OC[C@@]2(N)C(F)(F)F. The van der Waals surface area contributed by atoms with Crippen LogP contribution in [0.4, 0.5) is 17.6 Å². The Hall–Kier alpha value is -4.55. The van der Waals surface area contributed by atoms with Gasteiger partial charge in [0.2, 0.25) is 0 Å². The van der Waals surface area contributed by atoms with E-state index in [-0.39, 0.29) is 34.4 Å². The van der Waals surface area contributed by atoms with Crippen molar-refractivity contribution in [3.8, 4) is 33.9 Å². The molecule has 0 radical (unpaired) electrons. The zero-order valence-corrected chi connectivity index (χ0v) is 23.5. The lowest BCUT2D eigenvalue weighted by atomic mass is 9.88. The maximum absolute atomic E-state index is 14.1. The van der Waals surface area contributed by atoms with E-state index in [1.807, 2.05) is 6.07 Å². The molecule has 1 saturated carbocycles. The number of ether oxygens (including phenoxy) is 2. The highest BCUT2D eigenvalue weighted by Gasteiger charge is 2.59. The number of nitrogens with zero attached hydrogens (tertiary/aromatic N) is 2. The fourth-order valence-corrected chi connectivity index (χ4v) is 4.92. The predicted octanol–water partition coefficient (Wildman–Crippen LogP) is 5.24. The largest absolute Gasteiger partial charge is 0.490 e. The van der Waals surface area contributed by atoms with Gasteiger partial charge in [-0.3, -0.25) is 9.78 Å². The minimum Gasteiger partial charge on any atom is -0.490 e. The van der Waals surface area contributed by atoms with E-state index in [0.29, 0.717) is 11.3 Å². The number of carbonyl (C=O) groups excluding carboxylic acids is 1. The van der Waals surface area contributed by atoms with E-state index in [1.165, 1.54) is 19.1 Å². The Labute approximate surface area is 249 Å². The smallest absolute Gasteiger partial charge is 0.414 e. The lowest BCUT2D eigenvalue weighted by Gasteiger charge is -2.28. The summed E-state index contributed by atoms with van der Waals surface area (Å²) in [5.41, 5.74) is 2.29. The van der Waals surface area contributed by atoms with E-state index in [1.54, 1.807) is 36.7 Å². The molecule has 0 bridgehead atoms. The summed E-state index contributed by atoms with van der Waals surface area (Å²) in [4.78, 5) is 21.8. The van der Waals surface area contributed by atoms with Crippen molar-refractivity contribution in [3.63, 3.8) is 0 Å². The van der Waals surface area contributed by atoms with Crippen LogP contribution in [0.15, 0.2) is 73.1 Å². The summed E-state index contributed by atoms with van der Waals surface area (Å²) in [5, 5.41) is 14.1. The molecule has 0 spiro atoms. The molecule has 8 nitrogen and oxygen atoms in total. The summed E-state index contributed by atoms with van der Waals surface area (Å²) >= 11 is 0. The topological polar surface area (TPSA) is 120 Å². The zero-order valence-electron chi connectivity index (χ0n) is 23.5. The second kappa shape index (κ2) is 10.9. The number of aromatic nitrogens is 2. The molecule has 3 heterocycles. The lowest BCUT2D eigenvalue weighted by molar-refractivity contribution is -0.191. The van der Waals surface area contributed by atoms with Gasteiger partial charge in [0.25, 0.3) is 5.91 Å². The zero-order chi connectivity index (χ0) is 31.3. The molecule has 44 heavy (non-hydrogen) atoms. The molecule has 2 aromatic heterocycles. The van der Waals surface area contributed by atoms with Crippen molar-refractivity contribution in [2.24, 2.45) is 5.73 Å². The van der Waals surface area contributed by atoms with E-state index >= 15 is 0 Å². The van der Waals surface area contributed by atoms with Crippen LogP contribution in [0.5, 0.6) is 11.5 Å². The number of fused-ring (bicyclic) bond motifs is 1. The molecule has 228 valence electrons. The van der Waals surface area contributed by atoms with Gasteiger partial charge in [-0.1, -0.05) is 6.07 Å². The average Bonchev–Trinajstić information content (AvgIpc) is 3.75. The van der Waals surface area contributed by atoms with Gasteiger partial charge in [0.05, 0.1) is 18.3 Å². The van der Waals surface area contributed by atoms with Crippen LogP contribution in [-0.4, -0.2) is 46.4 Å². The fraction of sp³-hybridized carbons (Fsp3) is 0.281. The van der Waals surface area contributed by atoms with Crippen LogP contribution in [0, 0.1) is 5.82 Å². The van der Waals surface area contributed by atoms with Gasteiger partial charge in [0, 0.05) is 40.2 Å². The Kier molecular flexibility index (Phi) is 7.29. The highest BCUT2D eigenvalue weighted by molar-refractivity contribution is 5.96. The second-order valence-electron chi connectivity index (χ2n) is 11.2. The van der Waals surface area contributed by atoms with Crippen LogP contribution < -0.4 is 20.5 Å². The number of nitrogens with one attached hydrogen (secondary N) is 1. The van der Waals surface area contributed by atoms with Crippen LogP contribution in [0.2, 0.25) is 0 Å². The molecule has 2 atom stereocenters. The highest BCUT2D eigenvalue weighted by Crippen LogP contribution is 2.49.